The summed E-state index contributed by atoms with van der Waals surface area (Å²) in [5, 5.41) is 0. The van der Waals surface area contributed by atoms with Gasteiger partial charge in [0.15, 0.2) is 0 Å². The quantitative estimate of drug-likeness (QED) is 0.783. The molecule has 0 unspecified atom stereocenters. The van der Waals surface area contributed by atoms with E-state index in [1.807, 2.05) is 48.5 Å². The molecule has 6 heteroatoms. The summed E-state index contributed by atoms with van der Waals surface area (Å²) in [6, 6.07) is 15.1. The Morgan fingerprint density at radius 3 is 1.70 bits per heavy atom. The lowest BCUT2D eigenvalue weighted by Gasteiger charge is -2.33. The van der Waals surface area contributed by atoms with Gasteiger partial charge in [0, 0.05) is 37.6 Å². The summed E-state index contributed by atoms with van der Waals surface area (Å²) in [5.74, 6) is 1.58. The molecule has 0 radical (unpaired) electrons. The van der Waals surface area contributed by atoms with E-state index in [2.05, 4.69) is 16.8 Å². The highest BCUT2D eigenvalue weighted by atomic mass is 16.5. The summed E-state index contributed by atoms with van der Waals surface area (Å²) in [4.78, 5) is 19.5. The van der Waals surface area contributed by atoms with E-state index in [1.165, 1.54) is 0 Å². The van der Waals surface area contributed by atoms with E-state index in [0.29, 0.717) is 6.54 Å². The van der Waals surface area contributed by atoms with Gasteiger partial charge in [0.05, 0.1) is 20.8 Å². The predicted octanol–water partition coefficient (Wildman–Crippen LogP) is 2.62. The van der Waals surface area contributed by atoms with Crippen LogP contribution in [0.2, 0.25) is 0 Å². The van der Waals surface area contributed by atoms with Gasteiger partial charge in [-0.15, -0.1) is 0 Å². The summed E-state index contributed by atoms with van der Waals surface area (Å²) < 4.78 is 10.5. The Hall–Kier alpha value is -2.57. The van der Waals surface area contributed by atoms with E-state index < -0.39 is 0 Å². The van der Waals surface area contributed by atoms with Crippen LogP contribution in [0.4, 0.5) is 11.4 Å². The van der Waals surface area contributed by atoms with Crippen LogP contribution in [-0.2, 0) is 4.79 Å². The lowest BCUT2D eigenvalue weighted by atomic mass is 10.2. The molecule has 0 N–H and O–H groups in total. The highest BCUT2D eigenvalue weighted by Gasteiger charge is 2.23. The fraction of sp³-hybridized carbons (Fsp3) is 0.381. The maximum atomic E-state index is 13.2. The second-order valence-corrected chi connectivity index (χ2v) is 6.70. The Balaban J connectivity index is 1.84. The highest BCUT2D eigenvalue weighted by Crippen LogP contribution is 2.29. The largest absolute Gasteiger partial charge is 0.497 e. The number of likely N-dealkylation sites (N-methyl/N-ethyl adjacent to an activating group) is 1. The van der Waals surface area contributed by atoms with Crippen molar-refractivity contribution in [2.45, 2.75) is 0 Å². The minimum Gasteiger partial charge on any atom is -0.497 e. The standard InChI is InChI=1S/C21H27N3O3/c1-22-12-14-23(15-13-22)16-21(25)24(17-4-8-19(26-2)9-5-17)18-6-10-20(27-3)11-7-18/h4-11H,12-16H2,1-3H3. The van der Waals surface area contributed by atoms with Gasteiger partial charge in [-0.05, 0) is 55.6 Å². The number of hydrogen-bond donors (Lipinski definition) is 0. The Morgan fingerprint density at radius 2 is 1.30 bits per heavy atom. The molecule has 1 aliphatic heterocycles. The summed E-state index contributed by atoms with van der Waals surface area (Å²) >= 11 is 0. The molecule has 0 aliphatic carbocycles. The summed E-state index contributed by atoms with van der Waals surface area (Å²) in [6.45, 7) is 4.17. The number of methoxy groups -OCH3 is 2. The smallest absolute Gasteiger partial charge is 0.245 e. The van der Waals surface area contributed by atoms with Crippen molar-refractivity contribution < 1.29 is 14.3 Å². The van der Waals surface area contributed by atoms with E-state index in [9.17, 15) is 4.79 Å². The van der Waals surface area contributed by atoms with Crippen LogP contribution < -0.4 is 14.4 Å². The van der Waals surface area contributed by atoms with Crippen LogP contribution in [0.25, 0.3) is 0 Å². The van der Waals surface area contributed by atoms with Crippen molar-refractivity contribution in [1.29, 1.82) is 0 Å². The molecular formula is C21H27N3O3. The fourth-order valence-corrected chi connectivity index (χ4v) is 3.17. The van der Waals surface area contributed by atoms with E-state index in [1.54, 1.807) is 19.1 Å². The minimum atomic E-state index is 0.0508. The molecule has 6 nitrogen and oxygen atoms in total. The average Bonchev–Trinajstić information content (AvgIpc) is 2.71. The monoisotopic (exact) mass is 369 g/mol. The first-order valence-electron chi connectivity index (χ1n) is 9.12. The van der Waals surface area contributed by atoms with Crippen LogP contribution >= 0.6 is 0 Å². The number of carbonyl (C=O) groups excluding carboxylic acids is 1. The second-order valence-electron chi connectivity index (χ2n) is 6.70. The zero-order valence-electron chi connectivity index (χ0n) is 16.2. The maximum Gasteiger partial charge on any atom is 0.245 e. The Morgan fingerprint density at radius 1 is 0.852 bits per heavy atom. The van der Waals surface area contributed by atoms with Crippen molar-refractivity contribution in [3.05, 3.63) is 48.5 Å². The van der Waals surface area contributed by atoms with Crippen LogP contribution in [0.15, 0.2) is 48.5 Å². The second kappa shape index (κ2) is 8.88. The number of amides is 1. The molecule has 3 rings (SSSR count). The first kappa shape index (κ1) is 19.2. The van der Waals surface area contributed by atoms with Gasteiger partial charge in [-0.2, -0.15) is 0 Å². The Labute approximate surface area is 160 Å². The molecule has 0 bridgehead atoms. The zero-order chi connectivity index (χ0) is 19.2. The molecule has 1 heterocycles. The number of hydrogen-bond acceptors (Lipinski definition) is 5. The molecular weight excluding hydrogens is 342 g/mol. The van der Waals surface area contributed by atoms with Crippen molar-refractivity contribution in [1.82, 2.24) is 9.80 Å². The van der Waals surface area contributed by atoms with Gasteiger partial charge in [0.25, 0.3) is 0 Å². The number of rotatable bonds is 6. The van der Waals surface area contributed by atoms with Gasteiger partial charge in [-0.25, -0.2) is 0 Å². The van der Waals surface area contributed by atoms with Crippen LogP contribution in [0.5, 0.6) is 11.5 Å². The number of ether oxygens (including phenoxy) is 2. The van der Waals surface area contributed by atoms with Crippen molar-refractivity contribution in [2.75, 3.05) is 58.9 Å². The highest BCUT2D eigenvalue weighted by molar-refractivity contribution is 6.01. The van der Waals surface area contributed by atoms with Crippen molar-refractivity contribution in [3.63, 3.8) is 0 Å². The SMILES string of the molecule is COc1ccc(N(C(=O)CN2CCN(C)CC2)c2ccc(OC)cc2)cc1. The molecule has 1 fully saturated rings. The first-order chi connectivity index (χ1) is 13.1. The van der Waals surface area contributed by atoms with Crippen LogP contribution in [-0.4, -0.2) is 69.7 Å². The number of nitrogens with zero attached hydrogens (tertiary/aromatic N) is 3. The topological polar surface area (TPSA) is 45.2 Å². The molecule has 0 aromatic heterocycles. The maximum absolute atomic E-state index is 13.2. The van der Waals surface area contributed by atoms with Gasteiger partial charge in [0.2, 0.25) is 5.91 Å². The number of anilines is 2. The zero-order valence-corrected chi connectivity index (χ0v) is 16.2. The van der Waals surface area contributed by atoms with Crippen molar-refractivity contribution >= 4 is 17.3 Å². The lowest BCUT2D eigenvalue weighted by Crippen LogP contribution is -2.48. The van der Waals surface area contributed by atoms with E-state index in [4.69, 9.17) is 9.47 Å². The summed E-state index contributed by atoms with van der Waals surface area (Å²) in [5.41, 5.74) is 1.64. The number of carbonyl (C=O) groups is 1. The van der Waals surface area contributed by atoms with Gasteiger partial charge in [-0.3, -0.25) is 14.6 Å². The molecule has 0 saturated carbocycles. The first-order valence-corrected chi connectivity index (χ1v) is 9.12. The van der Waals surface area contributed by atoms with E-state index in [0.717, 1.165) is 49.1 Å². The molecule has 0 spiro atoms. The minimum absolute atomic E-state index is 0.0508. The van der Waals surface area contributed by atoms with Gasteiger partial charge >= 0.3 is 0 Å². The number of benzene rings is 2. The van der Waals surface area contributed by atoms with Crippen LogP contribution in [0.1, 0.15) is 0 Å². The molecule has 2 aromatic rings. The molecule has 0 atom stereocenters. The Kier molecular flexibility index (Phi) is 6.32. The molecule has 144 valence electrons. The lowest BCUT2D eigenvalue weighted by molar-refractivity contribution is -0.119. The summed E-state index contributed by atoms with van der Waals surface area (Å²) in [6.07, 6.45) is 0. The normalized spacial score (nSPS) is 15.4. The van der Waals surface area contributed by atoms with E-state index >= 15 is 0 Å². The van der Waals surface area contributed by atoms with Gasteiger partial charge in [0.1, 0.15) is 11.5 Å². The fourth-order valence-electron chi connectivity index (χ4n) is 3.17. The molecule has 27 heavy (non-hydrogen) atoms. The van der Waals surface area contributed by atoms with Crippen molar-refractivity contribution in [3.8, 4) is 11.5 Å². The number of piperazine rings is 1. The Bertz CT molecular complexity index is 691. The van der Waals surface area contributed by atoms with Gasteiger partial charge < -0.3 is 14.4 Å². The third kappa shape index (κ3) is 4.78. The van der Waals surface area contributed by atoms with Crippen LogP contribution in [0, 0.1) is 0 Å². The van der Waals surface area contributed by atoms with Crippen molar-refractivity contribution in [2.24, 2.45) is 0 Å². The van der Waals surface area contributed by atoms with E-state index in [-0.39, 0.29) is 5.91 Å². The molecule has 1 aliphatic rings. The summed E-state index contributed by atoms with van der Waals surface area (Å²) in [7, 11) is 5.38. The molecule has 1 saturated heterocycles. The van der Waals surface area contributed by atoms with Crippen LogP contribution in [0.3, 0.4) is 0 Å². The third-order valence-electron chi connectivity index (χ3n) is 4.87. The van der Waals surface area contributed by atoms with Gasteiger partial charge in [-0.1, -0.05) is 0 Å². The average molecular weight is 369 g/mol. The molecule has 1 amide bonds. The molecule has 2 aromatic carbocycles. The third-order valence-corrected chi connectivity index (χ3v) is 4.87. The predicted molar refractivity (Wildman–Crippen MR) is 107 cm³/mol.